The first-order valence-electron chi connectivity index (χ1n) is 6.14. The van der Waals surface area contributed by atoms with Crippen molar-refractivity contribution < 1.29 is 14.6 Å². The summed E-state index contributed by atoms with van der Waals surface area (Å²) in [5, 5.41) is 10.2. The van der Waals surface area contributed by atoms with E-state index >= 15 is 0 Å². The van der Waals surface area contributed by atoms with Crippen LogP contribution in [0.4, 0.5) is 0 Å². The van der Waals surface area contributed by atoms with Crippen LogP contribution in [0.2, 0.25) is 0 Å². The fourth-order valence-corrected chi connectivity index (χ4v) is 2.15. The second-order valence-electron chi connectivity index (χ2n) is 4.59. The predicted octanol–water partition coefficient (Wildman–Crippen LogP) is 2.36. The first-order chi connectivity index (χ1) is 8.65. The maximum atomic E-state index is 10.2. The van der Waals surface area contributed by atoms with Crippen LogP contribution in [-0.4, -0.2) is 24.9 Å². The lowest BCUT2D eigenvalue weighted by Gasteiger charge is -2.13. The number of aliphatic hydroxyl groups is 1. The van der Waals surface area contributed by atoms with Crippen molar-refractivity contribution in [2.24, 2.45) is 0 Å². The van der Waals surface area contributed by atoms with Gasteiger partial charge in [0.25, 0.3) is 0 Å². The van der Waals surface area contributed by atoms with Crippen molar-refractivity contribution in [3.63, 3.8) is 0 Å². The quantitative estimate of drug-likeness (QED) is 0.814. The highest BCUT2D eigenvalue weighted by atomic mass is 16.5. The van der Waals surface area contributed by atoms with Crippen molar-refractivity contribution in [2.75, 3.05) is 14.2 Å². The summed E-state index contributed by atoms with van der Waals surface area (Å²) >= 11 is 0. The molecule has 0 unspecified atom stereocenters. The van der Waals surface area contributed by atoms with E-state index in [9.17, 15) is 5.11 Å². The Bertz CT molecular complexity index is 454. The number of rotatable bonds is 2. The van der Waals surface area contributed by atoms with Gasteiger partial charge in [0.05, 0.1) is 14.2 Å². The minimum absolute atomic E-state index is 0.706. The topological polar surface area (TPSA) is 38.7 Å². The molecule has 0 bridgehead atoms. The maximum absolute atomic E-state index is 10.2. The number of hydrogen-bond donors (Lipinski definition) is 1. The van der Waals surface area contributed by atoms with E-state index in [4.69, 9.17) is 9.47 Å². The van der Waals surface area contributed by atoms with Crippen molar-refractivity contribution in [2.45, 2.75) is 31.3 Å². The van der Waals surface area contributed by atoms with E-state index in [-0.39, 0.29) is 0 Å². The number of benzene rings is 1. The van der Waals surface area contributed by atoms with Gasteiger partial charge in [0, 0.05) is 11.6 Å². The summed E-state index contributed by atoms with van der Waals surface area (Å²) in [6.07, 6.45) is 3.63. The molecule has 1 aromatic carbocycles. The van der Waals surface area contributed by atoms with Crippen LogP contribution in [-0.2, 0) is 0 Å². The SMILES string of the molecule is COc1cc(C#CC2(O)CCCC2)cc(OC)c1. The van der Waals surface area contributed by atoms with Gasteiger partial charge in [-0.25, -0.2) is 0 Å². The maximum Gasteiger partial charge on any atom is 0.125 e. The lowest BCUT2D eigenvalue weighted by Crippen LogP contribution is -2.20. The lowest BCUT2D eigenvalue weighted by atomic mass is 10.0. The van der Waals surface area contributed by atoms with Crippen LogP contribution in [0.3, 0.4) is 0 Å². The number of methoxy groups -OCH3 is 2. The van der Waals surface area contributed by atoms with E-state index in [1.165, 1.54) is 0 Å². The molecular formula is C15H18O3. The van der Waals surface area contributed by atoms with Gasteiger partial charge in [-0.3, -0.25) is 0 Å². The van der Waals surface area contributed by atoms with Gasteiger partial charge in [0.15, 0.2) is 0 Å². The molecule has 3 heteroatoms. The summed E-state index contributed by atoms with van der Waals surface area (Å²) < 4.78 is 10.4. The molecule has 1 N–H and O–H groups in total. The molecule has 1 aliphatic rings. The molecule has 2 rings (SSSR count). The van der Waals surface area contributed by atoms with Crippen LogP contribution >= 0.6 is 0 Å². The second kappa shape index (κ2) is 5.32. The molecule has 1 fully saturated rings. The molecule has 0 heterocycles. The van der Waals surface area contributed by atoms with E-state index in [2.05, 4.69) is 11.8 Å². The molecule has 0 atom stereocenters. The Morgan fingerprint density at radius 3 is 2.11 bits per heavy atom. The number of hydrogen-bond acceptors (Lipinski definition) is 3. The van der Waals surface area contributed by atoms with Gasteiger partial charge in [-0.15, -0.1) is 0 Å². The van der Waals surface area contributed by atoms with Crippen molar-refractivity contribution in [3.05, 3.63) is 23.8 Å². The summed E-state index contributed by atoms with van der Waals surface area (Å²) in [4.78, 5) is 0. The van der Waals surface area contributed by atoms with Crippen LogP contribution in [0.15, 0.2) is 18.2 Å². The Hall–Kier alpha value is -1.66. The summed E-state index contributed by atoms with van der Waals surface area (Å²) in [6.45, 7) is 0. The van der Waals surface area contributed by atoms with E-state index in [0.717, 1.165) is 31.2 Å². The highest BCUT2D eigenvalue weighted by molar-refractivity contribution is 5.46. The minimum Gasteiger partial charge on any atom is -0.497 e. The molecule has 0 aliphatic heterocycles. The van der Waals surface area contributed by atoms with Crippen molar-refractivity contribution in [3.8, 4) is 23.3 Å². The predicted molar refractivity (Wildman–Crippen MR) is 69.8 cm³/mol. The van der Waals surface area contributed by atoms with Gasteiger partial charge in [-0.1, -0.05) is 11.8 Å². The first-order valence-corrected chi connectivity index (χ1v) is 6.14. The molecule has 1 aliphatic carbocycles. The van der Waals surface area contributed by atoms with Gasteiger partial charge in [-0.05, 0) is 37.8 Å². The third-order valence-electron chi connectivity index (χ3n) is 3.22. The van der Waals surface area contributed by atoms with Gasteiger partial charge in [-0.2, -0.15) is 0 Å². The Morgan fingerprint density at radius 2 is 1.61 bits per heavy atom. The van der Waals surface area contributed by atoms with E-state index in [1.807, 2.05) is 12.1 Å². The molecule has 0 aromatic heterocycles. The van der Waals surface area contributed by atoms with Crippen LogP contribution in [0.25, 0.3) is 0 Å². The van der Waals surface area contributed by atoms with E-state index in [1.54, 1.807) is 20.3 Å². The summed E-state index contributed by atoms with van der Waals surface area (Å²) in [5.41, 5.74) is -0.0115. The summed E-state index contributed by atoms with van der Waals surface area (Å²) in [6, 6.07) is 5.48. The van der Waals surface area contributed by atoms with E-state index in [0.29, 0.717) is 11.5 Å². The Kier molecular flexibility index (Phi) is 3.78. The summed E-state index contributed by atoms with van der Waals surface area (Å²) in [5.74, 6) is 7.40. The van der Waals surface area contributed by atoms with Crippen LogP contribution in [0.5, 0.6) is 11.5 Å². The Labute approximate surface area is 108 Å². The average molecular weight is 246 g/mol. The molecule has 0 spiro atoms. The normalized spacial score (nSPS) is 16.8. The molecule has 1 saturated carbocycles. The van der Waals surface area contributed by atoms with Gasteiger partial charge >= 0.3 is 0 Å². The highest BCUT2D eigenvalue weighted by Gasteiger charge is 2.28. The Balaban J connectivity index is 2.25. The molecule has 3 nitrogen and oxygen atoms in total. The van der Waals surface area contributed by atoms with Crippen molar-refractivity contribution in [1.82, 2.24) is 0 Å². The van der Waals surface area contributed by atoms with Crippen LogP contribution < -0.4 is 9.47 Å². The molecule has 0 amide bonds. The fourth-order valence-electron chi connectivity index (χ4n) is 2.15. The van der Waals surface area contributed by atoms with Crippen LogP contribution in [0.1, 0.15) is 31.2 Å². The third-order valence-corrected chi connectivity index (χ3v) is 3.22. The average Bonchev–Trinajstić information content (AvgIpc) is 2.83. The summed E-state index contributed by atoms with van der Waals surface area (Å²) in [7, 11) is 3.22. The van der Waals surface area contributed by atoms with Gasteiger partial charge in [0.1, 0.15) is 17.1 Å². The molecule has 96 valence electrons. The van der Waals surface area contributed by atoms with Crippen LogP contribution in [0, 0.1) is 11.8 Å². The highest BCUT2D eigenvalue weighted by Crippen LogP contribution is 2.29. The molecule has 0 radical (unpaired) electrons. The zero-order chi connectivity index (χ0) is 13.0. The zero-order valence-electron chi connectivity index (χ0n) is 10.8. The largest absolute Gasteiger partial charge is 0.497 e. The van der Waals surface area contributed by atoms with E-state index < -0.39 is 5.60 Å². The number of ether oxygens (including phenoxy) is 2. The van der Waals surface area contributed by atoms with Gasteiger partial charge < -0.3 is 14.6 Å². The van der Waals surface area contributed by atoms with Crippen molar-refractivity contribution >= 4 is 0 Å². The van der Waals surface area contributed by atoms with Crippen molar-refractivity contribution in [1.29, 1.82) is 0 Å². The Morgan fingerprint density at radius 1 is 1.06 bits per heavy atom. The first kappa shape index (κ1) is 12.8. The monoisotopic (exact) mass is 246 g/mol. The smallest absolute Gasteiger partial charge is 0.125 e. The standard InChI is InChI=1S/C15H18O3/c1-17-13-9-12(10-14(11-13)18-2)5-8-15(16)6-3-4-7-15/h9-11,16H,3-4,6-7H2,1-2H3. The zero-order valence-corrected chi connectivity index (χ0v) is 10.8. The van der Waals surface area contributed by atoms with Gasteiger partial charge in [0.2, 0.25) is 0 Å². The lowest BCUT2D eigenvalue weighted by molar-refractivity contribution is 0.110. The molecule has 1 aromatic rings. The third kappa shape index (κ3) is 2.96. The fraction of sp³-hybridized carbons (Fsp3) is 0.467. The second-order valence-corrected chi connectivity index (χ2v) is 4.59. The molecule has 18 heavy (non-hydrogen) atoms. The minimum atomic E-state index is -0.809. The molecule has 0 saturated heterocycles. The molecular weight excluding hydrogens is 228 g/mol.